The Bertz CT molecular complexity index is 299. The van der Waals surface area contributed by atoms with Gasteiger partial charge in [0.2, 0.25) is 0 Å². The molecular weight excluding hydrogens is 250 g/mol. The summed E-state index contributed by atoms with van der Waals surface area (Å²) in [5, 5.41) is 3.83. The van der Waals surface area contributed by atoms with Crippen molar-refractivity contribution >= 4 is 0 Å². The Kier molecular flexibility index (Phi) is 4.97. The molecule has 0 aromatic rings. The van der Waals surface area contributed by atoms with Crippen LogP contribution in [0.4, 0.5) is 0 Å². The summed E-state index contributed by atoms with van der Waals surface area (Å²) in [6.07, 6.45) is 7.41. The largest absolute Gasteiger partial charge is 0.374 e. The maximum absolute atomic E-state index is 5.98. The van der Waals surface area contributed by atoms with Gasteiger partial charge >= 0.3 is 0 Å². The van der Waals surface area contributed by atoms with Gasteiger partial charge in [-0.3, -0.25) is 9.80 Å². The van der Waals surface area contributed by atoms with E-state index < -0.39 is 0 Å². The van der Waals surface area contributed by atoms with Crippen LogP contribution in [0.3, 0.4) is 0 Å². The number of nitrogens with zero attached hydrogens (tertiary/aromatic N) is 2. The van der Waals surface area contributed by atoms with Crippen molar-refractivity contribution in [2.24, 2.45) is 0 Å². The van der Waals surface area contributed by atoms with E-state index in [1.54, 1.807) is 0 Å². The van der Waals surface area contributed by atoms with Gasteiger partial charge in [-0.2, -0.15) is 0 Å². The summed E-state index contributed by atoms with van der Waals surface area (Å²) in [7, 11) is 0. The van der Waals surface area contributed by atoms with Gasteiger partial charge in [0.1, 0.15) is 0 Å². The lowest BCUT2D eigenvalue weighted by atomic mass is 9.80. The molecule has 2 aliphatic heterocycles. The molecule has 1 atom stereocenters. The van der Waals surface area contributed by atoms with E-state index in [2.05, 4.69) is 22.0 Å². The molecule has 1 saturated carbocycles. The van der Waals surface area contributed by atoms with Gasteiger partial charge in [0.05, 0.1) is 12.7 Å². The highest BCUT2D eigenvalue weighted by Crippen LogP contribution is 2.30. The van der Waals surface area contributed by atoms with E-state index in [1.165, 1.54) is 45.2 Å². The average molecular weight is 281 g/mol. The van der Waals surface area contributed by atoms with Crippen molar-refractivity contribution in [3.63, 3.8) is 0 Å². The zero-order valence-electron chi connectivity index (χ0n) is 13.1. The Morgan fingerprint density at radius 1 is 1.15 bits per heavy atom. The summed E-state index contributed by atoms with van der Waals surface area (Å²) in [5.74, 6) is 0. The van der Waals surface area contributed by atoms with Crippen molar-refractivity contribution in [1.82, 2.24) is 15.1 Å². The van der Waals surface area contributed by atoms with Crippen LogP contribution >= 0.6 is 0 Å². The van der Waals surface area contributed by atoms with Crippen molar-refractivity contribution in [1.29, 1.82) is 0 Å². The van der Waals surface area contributed by atoms with E-state index >= 15 is 0 Å². The van der Waals surface area contributed by atoms with Crippen LogP contribution in [0.5, 0.6) is 0 Å². The number of hydrogen-bond acceptors (Lipinski definition) is 4. The van der Waals surface area contributed by atoms with Crippen LogP contribution < -0.4 is 5.32 Å². The van der Waals surface area contributed by atoms with Gasteiger partial charge in [-0.25, -0.2) is 0 Å². The van der Waals surface area contributed by atoms with E-state index in [4.69, 9.17) is 4.74 Å². The van der Waals surface area contributed by atoms with Crippen LogP contribution in [0.15, 0.2) is 0 Å². The minimum Gasteiger partial charge on any atom is -0.374 e. The predicted octanol–water partition coefficient (Wildman–Crippen LogP) is 1.32. The molecule has 2 heterocycles. The minimum atomic E-state index is 0.419. The lowest BCUT2D eigenvalue weighted by Gasteiger charge is -2.47. The van der Waals surface area contributed by atoms with E-state index in [1.807, 2.05) is 0 Å². The molecule has 0 bridgehead atoms. The molecule has 1 spiro atoms. The fourth-order valence-electron chi connectivity index (χ4n) is 4.23. The van der Waals surface area contributed by atoms with Gasteiger partial charge < -0.3 is 10.1 Å². The lowest BCUT2D eigenvalue weighted by molar-refractivity contribution is -0.0496. The average Bonchev–Trinajstić information content (AvgIpc) is 2.48. The molecule has 0 aromatic carbocycles. The fourth-order valence-corrected chi connectivity index (χ4v) is 4.23. The SMILES string of the molecule is CCN1CCOC(CN2CCNC3(CCCCC3)C2)C1. The van der Waals surface area contributed by atoms with E-state index in [-0.39, 0.29) is 0 Å². The molecule has 116 valence electrons. The van der Waals surface area contributed by atoms with Gasteiger partial charge in [0, 0.05) is 44.8 Å². The summed E-state index contributed by atoms with van der Waals surface area (Å²) in [5.41, 5.74) is 0.426. The van der Waals surface area contributed by atoms with Gasteiger partial charge in [0.15, 0.2) is 0 Å². The van der Waals surface area contributed by atoms with Crippen molar-refractivity contribution < 1.29 is 4.74 Å². The van der Waals surface area contributed by atoms with Crippen molar-refractivity contribution in [3.05, 3.63) is 0 Å². The highest BCUT2D eigenvalue weighted by atomic mass is 16.5. The molecule has 20 heavy (non-hydrogen) atoms. The first-order valence-corrected chi connectivity index (χ1v) is 8.61. The van der Waals surface area contributed by atoms with Crippen LogP contribution in [-0.4, -0.2) is 73.9 Å². The summed E-state index contributed by atoms with van der Waals surface area (Å²) in [4.78, 5) is 5.18. The number of ether oxygens (including phenoxy) is 1. The molecule has 3 fully saturated rings. The topological polar surface area (TPSA) is 27.7 Å². The second-order valence-electron chi connectivity index (χ2n) is 6.89. The molecule has 1 aliphatic carbocycles. The molecule has 2 saturated heterocycles. The standard InChI is InChI=1S/C16H31N3O/c1-2-18-10-11-20-15(12-18)13-19-9-8-17-16(14-19)6-4-3-5-7-16/h15,17H,2-14H2,1H3. The smallest absolute Gasteiger partial charge is 0.0829 e. The van der Waals surface area contributed by atoms with E-state index in [0.29, 0.717) is 11.6 Å². The predicted molar refractivity (Wildman–Crippen MR) is 82.1 cm³/mol. The molecule has 4 heteroatoms. The summed E-state index contributed by atoms with van der Waals surface area (Å²) in [6.45, 7) is 11.3. The number of morpholine rings is 1. The van der Waals surface area contributed by atoms with Crippen LogP contribution in [0.1, 0.15) is 39.0 Å². The maximum Gasteiger partial charge on any atom is 0.0829 e. The fraction of sp³-hybridized carbons (Fsp3) is 1.00. The summed E-state index contributed by atoms with van der Waals surface area (Å²) >= 11 is 0. The van der Waals surface area contributed by atoms with Crippen LogP contribution in [0, 0.1) is 0 Å². The molecule has 1 N–H and O–H groups in total. The number of hydrogen-bond donors (Lipinski definition) is 1. The van der Waals surface area contributed by atoms with Crippen LogP contribution in [0.25, 0.3) is 0 Å². The quantitative estimate of drug-likeness (QED) is 0.844. The van der Waals surface area contributed by atoms with Crippen molar-refractivity contribution in [2.45, 2.75) is 50.7 Å². The Hall–Kier alpha value is -0.160. The Balaban J connectivity index is 1.52. The summed E-state index contributed by atoms with van der Waals surface area (Å²) < 4.78 is 5.98. The third-order valence-electron chi connectivity index (χ3n) is 5.40. The Labute approximate surface area is 123 Å². The molecule has 0 radical (unpaired) electrons. The summed E-state index contributed by atoms with van der Waals surface area (Å²) in [6, 6.07) is 0. The first kappa shape index (κ1) is 14.8. The zero-order valence-corrected chi connectivity index (χ0v) is 13.1. The van der Waals surface area contributed by atoms with Gasteiger partial charge in [-0.15, -0.1) is 0 Å². The first-order valence-electron chi connectivity index (χ1n) is 8.61. The van der Waals surface area contributed by atoms with Crippen molar-refractivity contribution in [2.75, 3.05) is 52.4 Å². The third-order valence-corrected chi connectivity index (χ3v) is 5.40. The first-order chi connectivity index (χ1) is 9.80. The molecule has 0 aromatic heterocycles. The molecule has 1 unspecified atom stereocenters. The van der Waals surface area contributed by atoms with Crippen LogP contribution in [0.2, 0.25) is 0 Å². The lowest BCUT2D eigenvalue weighted by Crippen LogP contribution is -2.62. The van der Waals surface area contributed by atoms with E-state index in [9.17, 15) is 0 Å². The number of nitrogens with one attached hydrogen (secondary N) is 1. The van der Waals surface area contributed by atoms with E-state index in [0.717, 1.165) is 39.3 Å². The van der Waals surface area contributed by atoms with Gasteiger partial charge in [-0.1, -0.05) is 26.2 Å². The highest BCUT2D eigenvalue weighted by Gasteiger charge is 2.36. The molecule has 3 aliphatic rings. The second-order valence-corrected chi connectivity index (χ2v) is 6.89. The number of likely N-dealkylation sites (N-methyl/N-ethyl adjacent to an activating group) is 1. The minimum absolute atomic E-state index is 0.419. The van der Waals surface area contributed by atoms with Crippen molar-refractivity contribution in [3.8, 4) is 0 Å². The molecule has 4 nitrogen and oxygen atoms in total. The van der Waals surface area contributed by atoms with Crippen LogP contribution in [-0.2, 0) is 4.74 Å². The Morgan fingerprint density at radius 3 is 2.80 bits per heavy atom. The maximum atomic E-state index is 5.98. The van der Waals surface area contributed by atoms with Gasteiger partial charge in [-0.05, 0) is 19.4 Å². The zero-order chi connectivity index (χ0) is 13.8. The highest BCUT2D eigenvalue weighted by molar-refractivity contribution is 4.97. The monoisotopic (exact) mass is 281 g/mol. The van der Waals surface area contributed by atoms with Gasteiger partial charge in [0.25, 0.3) is 0 Å². The number of rotatable bonds is 3. The molecular formula is C16H31N3O. The molecule has 0 amide bonds. The second kappa shape index (κ2) is 6.73. The normalized spacial score (nSPS) is 32.5. The Morgan fingerprint density at radius 2 is 2.00 bits per heavy atom. The third kappa shape index (κ3) is 3.53. The number of piperazine rings is 1. The molecule has 3 rings (SSSR count).